The minimum Gasteiger partial charge on any atom is -0.480 e. The van der Waals surface area contributed by atoms with Crippen LogP contribution in [0.2, 0.25) is 0 Å². The number of hydrogen-bond acceptors (Lipinski definition) is 3. The van der Waals surface area contributed by atoms with Gasteiger partial charge in [0.2, 0.25) is 0 Å². The first-order valence-electron chi connectivity index (χ1n) is 7.71. The molecule has 0 spiro atoms. The van der Waals surface area contributed by atoms with Crippen molar-refractivity contribution < 1.29 is 37.4 Å². The van der Waals surface area contributed by atoms with Gasteiger partial charge in [0.1, 0.15) is 11.9 Å². The number of aliphatic carboxylic acids is 1. The second-order valence-electron chi connectivity index (χ2n) is 5.72. The molecule has 0 saturated heterocycles. The molecule has 0 aliphatic rings. The van der Waals surface area contributed by atoms with Gasteiger partial charge in [-0.2, -0.15) is 13.2 Å². The Kier molecular flexibility index (Phi) is 6.17. The molecule has 2 atom stereocenters. The lowest BCUT2D eigenvalue weighted by Crippen LogP contribution is -2.44. The number of carbonyl (C=O) groups is 2. The zero-order valence-corrected chi connectivity index (χ0v) is 13.7. The second kappa shape index (κ2) is 8.17. The number of halogens is 4. The summed E-state index contributed by atoms with van der Waals surface area (Å²) in [4.78, 5) is 23.4. The normalized spacial score (nSPS) is 13.7. The molecule has 0 saturated carbocycles. The first-order chi connectivity index (χ1) is 12.6. The van der Waals surface area contributed by atoms with Crippen molar-refractivity contribution in [3.8, 4) is 0 Å². The molecule has 0 aliphatic heterocycles. The third-order valence-electron chi connectivity index (χ3n) is 3.80. The molecule has 3 N–H and O–H groups in total. The number of carboxylic acids is 1. The molecule has 0 bridgehead atoms. The van der Waals surface area contributed by atoms with E-state index in [1.165, 1.54) is 18.2 Å². The molecule has 0 fully saturated rings. The van der Waals surface area contributed by atoms with E-state index in [4.69, 9.17) is 0 Å². The molecule has 0 aromatic heterocycles. The van der Waals surface area contributed by atoms with Crippen LogP contribution in [0.3, 0.4) is 0 Å². The van der Waals surface area contributed by atoms with Crippen molar-refractivity contribution in [3.63, 3.8) is 0 Å². The van der Waals surface area contributed by atoms with Crippen molar-refractivity contribution in [2.24, 2.45) is 0 Å². The molecule has 2 aromatic rings. The van der Waals surface area contributed by atoms with E-state index in [9.17, 15) is 37.4 Å². The molecule has 0 heterocycles. The maximum Gasteiger partial charge on any atom is 0.416 e. The van der Waals surface area contributed by atoms with E-state index in [0.29, 0.717) is 12.1 Å². The summed E-state index contributed by atoms with van der Waals surface area (Å²) >= 11 is 0. The quantitative estimate of drug-likeness (QED) is 0.668. The van der Waals surface area contributed by atoms with Gasteiger partial charge in [-0.05, 0) is 29.3 Å². The highest BCUT2D eigenvalue weighted by Gasteiger charge is 2.31. The third-order valence-corrected chi connectivity index (χ3v) is 3.80. The first-order valence-corrected chi connectivity index (χ1v) is 7.71. The van der Waals surface area contributed by atoms with E-state index in [0.717, 1.165) is 18.2 Å². The van der Waals surface area contributed by atoms with Gasteiger partial charge in [0.05, 0.1) is 5.56 Å². The van der Waals surface area contributed by atoms with Gasteiger partial charge >= 0.3 is 12.1 Å². The van der Waals surface area contributed by atoms with Crippen LogP contribution in [0, 0.1) is 5.82 Å². The number of rotatable bonds is 6. The van der Waals surface area contributed by atoms with Crippen molar-refractivity contribution in [2.45, 2.75) is 24.7 Å². The van der Waals surface area contributed by atoms with Gasteiger partial charge in [-0.25, -0.2) is 9.18 Å². The van der Waals surface area contributed by atoms with Crippen LogP contribution in [0.15, 0.2) is 48.5 Å². The fourth-order valence-electron chi connectivity index (χ4n) is 2.34. The molecule has 0 radical (unpaired) electrons. The van der Waals surface area contributed by atoms with Crippen LogP contribution in [-0.2, 0) is 22.2 Å². The SMILES string of the molecule is O=C(O)[C@@H](Cc1ccccc1F)NC(=O)[C@H](O)c1ccc(C(F)(F)F)cc1. The Balaban J connectivity index is 2.10. The number of nitrogens with one attached hydrogen (secondary N) is 1. The average molecular weight is 385 g/mol. The Labute approximate surface area is 151 Å². The molecule has 1 amide bonds. The van der Waals surface area contributed by atoms with Gasteiger partial charge in [-0.3, -0.25) is 4.79 Å². The van der Waals surface area contributed by atoms with Crippen molar-refractivity contribution in [2.75, 3.05) is 0 Å². The highest BCUT2D eigenvalue weighted by molar-refractivity contribution is 5.87. The number of carbonyl (C=O) groups excluding carboxylic acids is 1. The fourth-order valence-corrected chi connectivity index (χ4v) is 2.34. The van der Waals surface area contributed by atoms with Crippen molar-refractivity contribution >= 4 is 11.9 Å². The number of aliphatic hydroxyl groups is 1. The maximum atomic E-state index is 13.7. The standard InChI is InChI=1S/C18H15F4NO4/c19-13-4-2-1-3-11(13)9-14(17(26)27)23-16(25)15(24)10-5-7-12(8-6-10)18(20,21)22/h1-8,14-15,24H,9H2,(H,23,25)(H,26,27)/t14-,15-/m1/s1. The van der Waals surface area contributed by atoms with Gasteiger partial charge in [-0.1, -0.05) is 30.3 Å². The molecule has 0 aliphatic carbocycles. The van der Waals surface area contributed by atoms with Crippen LogP contribution in [0.5, 0.6) is 0 Å². The third kappa shape index (κ3) is 5.27. The van der Waals surface area contributed by atoms with Crippen LogP contribution in [-0.4, -0.2) is 28.1 Å². The highest BCUT2D eigenvalue weighted by atomic mass is 19.4. The Bertz CT molecular complexity index is 821. The number of hydrogen-bond donors (Lipinski definition) is 3. The molecular formula is C18H15F4NO4. The summed E-state index contributed by atoms with van der Waals surface area (Å²) in [6, 6.07) is 7.09. The second-order valence-corrected chi connectivity index (χ2v) is 5.72. The summed E-state index contributed by atoms with van der Waals surface area (Å²) in [5.74, 6) is -3.23. The maximum absolute atomic E-state index is 13.7. The Hall–Kier alpha value is -2.94. The van der Waals surface area contributed by atoms with Gasteiger partial charge in [0, 0.05) is 6.42 Å². The van der Waals surface area contributed by atoms with E-state index in [1.54, 1.807) is 0 Å². The van der Waals surface area contributed by atoms with Crippen LogP contribution in [0.4, 0.5) is 17.6 Å². The number of benzene rings is 2. The summed E-state index contributed by atoms with van der Waals surface area (Å²) in [7, 11) is 0. The minimum atomic E-state index is -4.57. The van der Waals surface area contributed by atoms with Gasteiger partial charge in [0.25, 0.3) is 5.91 Å². The Morgan fingerprint density at radius 3 is 2.15 bits per heavy atom. The lowest BCUT2D eigenvalue weighted by atomic mass is 10.0. The predicted octanol–water partition coefficient (Wildman–Crippen LogP) is 2.69. The largest absolute Gasteiger partial charge is 0.480 e. The van der Waals surface area contributed by atoms with E-state index >= 15 is 0 Å². The van der Waals surface area contributed by atoms with Crippen molar-refractivity contribution in [1.29, 1.82) is 0 Å². The lowest BCUT2D eigenvalue weighted by Gasteiger charge is -2.18. The number of aliphatic hydroxyl groups excluding tert-OH is 1. The van der Waals surface area contributed by atoms with Crippen LogP contribution in [0.1, 0.15) is 22.8 Å². The van der Waals surface area contributed by atoms with Crippen LogP contribution >= 0.6 is 0 Å². The molecule has 2 rings (SSSR count). The van der Waals surface area contributed by atoms with Crippen LogP contribution in [0.25, 0.3) is 0 Å². The molecule has 144 valence electrons. The number of amides is 1. The molecule has 5 nitrogen and oxygen atoms in total. The zero-order valence-electron chi connectivity index (χ0n) is 13.7. The van der Waals surface area contributed by atoms with E-state index in [1.807, 2.05) is 0 Å². The fraction of sp³-hybridized carbons (Fsp3) is 0.222. The minimum absolute atomic E-state index is 0.0502. The molecule has 2 aromatic carbocycles. The first kappa shape index (κ1) is 20.4. The van der Waals surface area contributed by atoms with Crippen molar-refractivity contribution in [3.05, 3.63) is 71.0 Å². The Morgan fingerprint density at radius 2 is 1.63 bits per heavy atom. The molecular weight excluding hydrogens is 370 g/mol. The molecule has 9 heteroatoms. The molecule has 0 unspecified atom stereocenters. The summed E-state index contributed by atoms with van der Waals surface area (Å²) in [6.45, 7) is 0. The average Bonchev–Trinajstić information content (AvgIpc) is 2.61. The highest BCUT2D eigenvalue weighted by Crippen LogP contribution is 2.30. The summed E-state index contributed by atoms with van der Waals surface area (Å²) in [5, 5.41) is 21.2. The zero-order chi connectivity index (χ0) is 20.2. The van der Waals surface area contributed by atoms with Crippen molar-refractivity contribution in [1.82, 2.24) is 5.32 Å². The predicted molar refractivity (Wildman–Crippen MR) is 86.1 cm³/mol. The topological polar surface area (TPSA) is 86.6 Å². The smallest absolute Gasteiger partial charge is 0.416 e. The lowest BCUT2D eigenvalue weighted by molar-refractivity contribution is -0.143. The van der Waals surface area contributed by atoms with Gasteiger partial charge in [-0.15, -0.1) is 0 Å². The number of carboxylic acid groups (broad SMARTS) is 1. The van der Waals surface area contributed by atoms with Gasteiger partial charge in [0.15, 0.2) is 6.10 Å². The summed E-state index contributed by atoms with van der Waals surface area (Å²) < 4.78 is 51.3. The van der Waals surface area contributed by atoms with E-state index in [-0.39, 0.29) is 17.5 Å². The summed E-state index contributed by atoms with van der Waals surface area (Å²) in [6.07, 6.45) is -6.82. The molecule has 27 heavy (non-hydrogen) atoms. The van der Waals surface area contributed by atoms with Crippen LogP contribution < -0.4 is 5.32 Å². The van der Waals surface area contributed by atoms with E-state index in [2.05, 4.69) is 5.32 Å². The summed E-state index contributed by atoms with van der Waals surface area (Å²) in [5.41, 5.74) is -1.05. The Morgan fingerprint density at radius 1 is 1.04 bits per heavy atom. The number of alkyl halides is 3. The van der Waals surface area contributed by atoms with Gasteiger partial charge < -0.3 is 15.5 Å². The van der Waals surface area contributed by atoms with E-state index < -0.39 is 41.6 Å². The monoisotopic (exact) mass is 385 g/mol.